The van der Waals surface area contributed by atoms with Gasteiger partial charge in [-0.3, -0.25) is 10.1 Å². The van der Waals surface area contributed by atoms with Crippen LogP contribution in [0.25, 0.3) is 0 Å². The van der Waals surface area contributed by atoms with Gasteiger partial charge in [-0.05, 0) is 24.8 Å². The fraction of sp³-hybridized carbons (Fsp3) is 0.533. The van der Waals surface area contributed by atoms with Gasteiger partial charge in [0.2, 0.25) is 5.91 Å². The third kappa shape index (κ3) is 2.03. The van der Waals surface area contributed by atoms with E-state index in [1.165, 1.54) is 12.8 Å². The van der Waals surface area contributed by atoms with Crippen LogP contribution in [0.2, 0.25) is 0 Å². The van der Waals surface area contributed by atoms with Crippen molar-refractivity contribution in [3.63, 3.8) is 0 Å². The van der Waals surface area contributed by atoms with Crippen LogP contribution in [0.3, 0.4) is 0 Å². The molecule has 2 fully saturated rings. The van der Waals surface area contributed by atoms with Crippen molar-refractivity contribution in [1.82, 2.24) is 10.2 Å². The molecule has 1 heterocycles. The van der Waals surface area contributed by atoms with Crippen LogP contribution in [-0.2, 0) is 4.79 Å². The number of hydrogen-bond acceptors (Lipinski definition) is 2. The van der Waals surface area contributed by atoms with Crippen molar-refractivity contribution in [3.8, 4) is 0 Å². The van der Waals surface area contributed by atoms with Crippen LogP contribution < -0.4 is 5.32 Å². The van der Waals surface area contributed by atoms with Gasteiger partial charge in [-0.25, -0.2) is 0 Å². The fourth-order valence-corrected chi connectivity index (χ4v) is 2.81. The molecule has 1 saturated carbocycles. The highest BCUT2D eigenvalue weighted by molar-refractivity contribution is 5.86. The summed E-state index contributed by atoms with van der Waals surface area (Å²) < 4.78 is 0. The predicted molar refractivity (Wildman–Crippen MR) is 70.9 cm³/mol. The number of carbonyl (C=O) groups excluding carboxylic acids is 1. The highest BCUT2D eigenvalue weighted by atomic mass is 16.2. The molecule has 1 N–H and O–H groups in total. The van der Waals surface area contributed by atoms with Gasteiger partial charge in [-0.1, -0.05) is 43.7 Å². The maximum Gasteiger partial charge on any atom is 0.245 e. The van der Waals surface area contributed by atoms with Crippen LogP contribution in [0, 0.1) is 0 Å². The molecule has 1 aliphatic carbocycles. The van der Waals surface area contributed by atoms with Gasteiger partial charge in [-0.15, -0.1) is 0 Å². The summed E-state index contributed by atoms with van der Waals surface area (Å²) in [5.41, 5.74) is 1.09. The normalized spacial score (nSPS) is 27.8. The first-order valence-corrected chi connectivity index (χ1v) is 6.94. The Morgan fingerprint density at radius 2 is 2.00 bits per heavy atom. The molecule has 0 aromatic heterocycles. The van der Waals surface area contributed by atoms with Gasteiger partial charge in [0.1, 0.15) is 6.04 Å². The summed E-state index contributed by atoms with van der Waals surface area (Å²) in [5, 5.41) is 3.51. The first-order valence-electron chi connectivity index (χ1n) is 6.94. The number of benzene rings is 1. The molecule has 1 aliphatic heterocycles. The average Bonchev–Trinajstić information content (AvgIpc) is 3.17. The first kappa shape index (κ1) is 11.7. The Morgan fingerprint density at radius 3 is 2.61 bits per heavy atom. The van der Waals surface area contributed by atoms with Crippen molar-refractivity contribution in [2.24, 2.45) is 0 Å². The molecule has 0 bridgehead atoms. The second kappa shape index (κ2) is 4.73. The molecule has 2 aliphatic rings. The second-order valence-corrected chi connectivity index (χ2v) is 5.29. The van der Waals surface area contributed by atoms with Crippen molar-refractivity contribution in [2.45, 2.75) is 50.9 Å². The standard InChI is InChI=1S/C15H20N2O/c1-2-6-13-16-14(11-7-4-3-5-8-11)15(18)17(13)12-9-10-12/h3-5,7-8,12-14,16H,2,6,9-10H2,1H3. The minimum absolute atomic E-state index is 0.136. The molecule has 1 amide bonds. The number of amides is 1. The molecular weight excluding hydrogens is 224 g/mol. The van der Waals surface area contributed by atoms with E-state index in [1.807, 2.05) is 30.3 Å². The Hall–Kier alpha value is -1.35. The summed E-state index contributed by atoms with van der Waals surface area (Å²) >= 11 is 0. The van der Waals surface area contributed by atoms with Gasteiger partial charge in [-0.2, -0.15) is 0 Å². The van der Waals surface area contributed by atoms with Gasteiger partial charge in [0.15, 0.2) is 0 Å². The van der Waals surface area contributed by atoms with Crippen molar-refractivity contribution in [3.05, 3.63) is 35.9 Å². The Morgan fingerprint density at radius 1 is 1.28 bits per heavy atom. The van der Waals surface area contributed by atoms with Gasteiger partial charge in [0.25, 0.3) is 0 Å². The largest absolute Gasteiger partial charge is 0.323 e. The summed E-state index contributed by atoms with van der Waals surface area (Å²) in [7, 11) is 0. The van der Waals surface area contributed by atoms with Crippen LogP contribution in [-0.4, -0.2) is 23.0 Å². The monoisotopic (exact) mass is 244 g/mol. The van der Waals surface area contributed by atoms with Crippen LogP contribution in [0.1, 0.15) is 44.2 Å². The lowest BCUT2D eigenvalue weighted by Crippen LogP contribution is -2.38. The molecule has 2 unspecified atom stereocenters. The van der Waals surface area contributed by atoms with Crippen molar-refractivity contribution < 1.29 is 4.79 Å². The number of carbonyl (C=O) groups is 1. The lowest BCUT2D eigenvalue weighted by molar-refractivity contribution is -0.130. The summed E-state index contributed by atoms with van der Waals surface area (Å²) in [5.74, 6) is 0.266. The van der Waals surface area contributed by atoms with E-state index >= 15 is 0 Å². The fourth-order valence-electron chi connectivity index (χ4n) is 2.81. The van der Waals surface area contributed by atoms with Gasteiger partial charge in [0.05, 0.1) is 6.17 Å². The van der Waals surface area contributed by atoms with E-state index in [4.69, 9.17) is 0 Å². The zero-order chi connectivity index (χ0) is 12.5. The molecule has 0 radical (unpaired) electrons. The lowest BCUT2D eigenvalue weighted by atomic mass is 10.1. The molecule has 1 aromatic carbocycles. The Balaban J connectivity index is 1.83. The molecule has 3 nitrogen and oxygen atoms in total. The topological polar surface area (TPSA) is 32.3 Å². The van der Waals surface area contributed by atoms with Crippen LogP contribution in [0.4, 0.5) is 0 Å². The number of hydrogen-bond donors (Lipinski definition) is 1. The van der Waals surface area contributed by atoms with E-state index in [2.05, 4.69) is 17.1 Å². The first-order chi connectivity index (χ1) is 8.81. The molecule has 3 heteroatoms. The Labute approximate surface area is 108 Å². The summed E-state index contributed by atoms with van der Waals surface area (Å²) in [6, 6.07) is 10.4. The minimum Gasteiger partial charge on any atom is -0.323 e. The Kier molecular flexibility index (Phi) is 3.08. The second-order valence-electron chi connectivity index (χ2n) is 5.29. The third-order valence-corrected chi connectivity index (χ3v) is 3.83. The van der Waals surface area contributed by atoms with E-state index in [0.717, 1.165) is 18.4 Å². The molecule has 1 saturated heterocycles. The van der Waals surface area contributed by atoms with E-state index in [9.17, 15) is 4.79 Å². The lowest BCUT2D eigenvalue weighted by Gasteiger charge is -2.23. The highest BCUT2D eigenvalue weighted by Crippen LogP contribution is 2.36. The summed E-state index contributed by atoms with van der Waals surface area (Å²) in [4.78, 5) is 14.6. The quantitative estimate of drug-likeness (QED) is 0.882. The average molecular weight is 244 g/mol. The third-order valence-electron chi connectivity index (χ3n) is 3.83. The van der Waals surface area contributed by atoms with Gasteiger partial charge >= 0.3 is 0 Å². The maximum atomic E-state index is 12.5. The zero-order valence-corrected chi connectivity index (χ0v) is 10.8. The van der Waals surface area contributed by atoms with E-state index in [-0.39, 0.29) is 18.1 Å². The smallest absolute Gasteiger partial charge is 0.245 e. The summed E-state index contributed by atoms with van der Waals surface area (Å²) in [6.07, 6.45) is 4.74. The molecule has 1 aromatic rings. The van der Waals surface area contributed by atoms with Crippen LogP contribution in [0.5, 0.6) is 0 Å². The van der Waals surface area contributed by atoms with E-state index in [0.29, 0.717) is 6.04 Å². The zero-order valence-electron chi connectivity index (χ0n) is 10.8. The van der Waals surface area contributed by atoms with Gasteiger partial charge in [0, 0.05) is 6.04 Å². The van der Waals surface area contributed by atoms with Crippen molar-refractivity contribution >= 4 is 5.91 Å². The molecule has 0 spiro atoms. The molecule has 18 heavy (non-hydrogen) atoms. The minimum atomic E-state index is -0.136. The van der Waals surface area contributed by atoms with Crippen molar-refractivity contribution in [2.75, 3.05) is 0 Å². The number of nitrogens with zero attached hydrogens (tertiary/aromatic N) is 1. The number of rotatable bonds is 4. The SMILES string of the molecule is CCCC1NC(c2ccccc2)C(=O)N1C1CC1. The van der Waals surface area contributed by atoms with Gasteiger partial charge < -0.3 is 4.90 Å². The van der Waals surface area contributed by atoms with Crippen LogP contribution in [0.15, 0.2) is 30.3 Å². The summed E-state index contributed by atoms with van der Waals surface area (Å²) in [6.45, 7) is 2.17. The van der Waals surface area contributed by atoms with Crippen molar-refractivity contribution in [1.29, 1.82) is 0 Å². The van der Waals surface area contributed by atoms with E-state index in [1.54, 1.807) is 0 Å². The van der Waals surface area contributed by atoms with E-state index < -0.39 is 0 Å². The predicted octanol–water partition coefficient (Wildman–Crippen LogP) is 2.45. The molecular formula is C15H20N2O. The number of nitrogens with one attached hydrogen (secondary N) is 1. The molecule has 3 rings (SSSR count). The Bertz CT molecular complexity index is 427. The molecule has 96 valence electrons. The highest BCUT2D eigenvalue weighted by Gasteiger charge is 2.45. The maximum absolute atomic E-state index is 12.5. The van der Waals surface area contributed by atoms with Crippen LogP contribution >= 0.6 is 0 Å². The molecule has 2 atom stereocenters.